The first-order valence-corrected chi connectivity index (χ1v) is 7.20. The third kappa shape index (κ3) is 4.77. The molecule has 1 rings (SSSR count). The van der Waals surface area contributed by atoms with Crippen molar-refractivity contribution in [2.75, 3.05) is 0 Å². The summed E-state index contributed by atoms with van der Waals surface area (Å²) in [5.41, 5.74) is 0.895. The fraction of sp³-hybridized carbons (Fsp3) is 0.500. The summed E-state index contributed by atoms with van der Waals surface area (Å²) in [5.74, 6) is -1.10. The lowest BCUT2D eigenvalue weighted by molar-refractivity contribution is -0.128. The second-order valence-electron chi connectivity index (χ2n) is 5.09. The molecule has 1 aromatic carbocycles. The molecular formula is C16H23NO4. The van der Waals surface area contributed by atoms with E-state index >= 15 is 0 Å². The Bertz CT molecular complexity index is 509. The van der Waals surface area contributed by atoms with Crippen LogP contribution in [0.25, 0.3) is 0 Å². The zero-order valence-corrected chi connectivity index (χ0v) is 13.0. The molecule has 0 saturated heterocycles. The maximum absolute atomic E-state index is 12.0. The molecule has 0 aromatic heterocycles. The predicted octanol–water partition coefficient (Wildman–Crippen LogP) is 2.77. The Morgan fingerprint density at radius 3 is 2.43 bits per heavy atom. The molecule has 0 aliphatic rings. The highest BCUT2D eigenvalue weighted by molar-refractivity contribution is 5.91. The lowest BCUT2D eigenvalue weighted by Gasteiger charge is -2.20. The minimum absolute atomic E-state index is 0.0668. The van der Waals surface area contributed by atoms with Gasteiger partial charge in [0, 0.05) is 6.04 Å². The third-order valence-electron chi connectivity index (χ3n) is 3.37. The van der Waals surface area contributed by atoms with Gasteiger partial charge in [0.1, 0.15) is 11.3 Å². The number of aryl methyl sites for hydroxylation is 1. The molecule has 0 radical (unpaired) electrons. The Morgan fingerprint density at radius 1 is 1.29 bits per heavy atom. The van der Waals surface area contributed by atoms with E-state index in [4.69, 9.17) is 4.74 Å². The van der Waals surface area contributed by atoms with Crippen LogP contribution in [0, 0.1) is 6.92 Å². The summed E-state index contributed by atoms with van der Waals surface area (Å²) in [6.45, 7) is 7.42. The summed E-state index contributed by atoms with van der Waals surface area (Å²) in [7, 11) is 0. The number of rotatable bonds is 7. The lowest BCUT2D eigenvalue weighted by atomic mass is 10.1. The highest BCUT2D eigenvalue weighted by Crippen LogP contribution is 2.21. The lowest BCUT2D eigenvalue weighted by Crippen LogP contribution is -2.42. The number of nitrogens with one attached hydrogen (secondary N) is 1. The summed E-state index contributed by atoms with van der Waals surface area (Å²) >= 11 is 0. The number of carbonyl (C=O) groups is 2. The van der Waals surface area contributed by atoms with Crippen LogP contribution in [0.2, 0.25) is 0 Å². The van der Waals surface area contributed by atoms with E-state index in [0.29, 0.717) is 0 Å². The molecule has 116 valence electrons. The van der Waals surface area contributed by atoms with Gasteiger partial charge in [0.05, 0.1) is 0 Å². The second-order valence-corrected chi connectivity index (χ2v) is 5.09. The van der Waals surface area contributed by atoms with E-state index < -0.39 is 12.1 Å². The first-order valence-electron chi connectivity index (χ1n) is 7.20. The number of hydrogen-bond donors (Lipinski definition) is 2. The molecule has 1 aromatic rings. The van der Waals surface area contributed by atoms with Crippen LogP contribution in [0.3, 0.4) is 0 Å². The van der Waals surface area contributed by atoms with Gasteiger partial charge in [-0.3, -0.25) is 4.79 Å². The van der Waals surface area contributed by atoms with Gasteiger partial charge >= 0.3 is 5.97 Å². The van der Waals surface area contributed by atoms with E-state index in [-0.39, 0.29) is 23.3 Å². The first-order chi connectivity index (χ1) is 9.88. The summed E-state index contributed by atoms with van der Waals surface area (Å²) in [5, 5.41) is 12.1. The number of benzene rings is 1. The summed E-state index contributed by atoms with van der Waals surface area (Å²) in [6, 6.07) is 4.98. The largest absolute Gasteiger partial charge is 0.480 e. The van der Waals surface area contributed by atoms with Crippen LogP contribution in [0.1, 0.15) is 49.5 Å². The van der Waals surface area contributed by atoms with Crippen molar-refractivity contribution in [3.05, 3.63) is 29.3 Å². The van der Waals surface area contributed by atoms with Gasteiger partial charge in [-0.25, -0.2) is 4.79 Å². The quantitative estimate of drug-likeness (QED) is 0.810. The van der Waals surface area contributed by atoms with Crippen LogP contribution >= 0.6 is 0 Å². The van der Waals surface area contributed by atoms with Crippen molar-refractivity contribution in [3.63, 3.8) is 0 Å². The normalized spacial score (nSPS) is 12.0. The topological polar surface area (TPSA) is 75.6 Å². The van der Waals surface area contributed by atoms with Crippen molar-refractivity contribution in [2.45, 2.75) is 52.7 Å². The van der Waals surface area contributed by atoms with Crippen LogP contribution in [-0.2, 0) is 4.79 Å². The van der Waals surface area contributed by atoms with Crippen molar-refractivity contribution in [1.82, 2.24) is 5.32 Å². The molecule has 5 nitrogen and oxygen atoms in total. The standard InChI is InChI=1S/C16H23NO4/c1-5-12(6-2)17-15(18)11(4)21-14-8-7-10(3)9-13(14)16(19)20/h7-9,11-12H,5-6H2,1-4H3,(H,17,18)(H,19,20). The Kier molecular flexibility index (Phi) is 6.21. The number of amides is 1. The van der Waals surface area contributed by atoms with Gasteiger partial charge < -0.3 is 15.2 Å². The number of aromatic carboxylic acids is 1. The van der Waals surface area contributed by atoms with Gasteiger partial charge in [0.2, 0.25) is 0 Å². The van der Waals surface area contributed by atoms with Gasteiger partial charge in [-0.1, -0.05) is 25.5 Å². The molecule has 5 heteroatoms. The average Bonchev–Trinajstić information content (AvgIpc) is 2.45. The van der Waals surface area contributed by atoms with E-state index in [9.17, 15) is 14.7 Å². The van der Waals surface area contributed by atoms with Gasteiger partial charge in [-0.15, -0.1) is 0 Å². The number of hydrogen-bond acceptors (Lipinski definition) is 3. The molecule has 0 heterocycles. The molecule has 1 atom stereocenters. The van der Waals surface area contributed by atoms with Crippen LogP contribution in [-0.4, -0.2) is 29.1 Å². The molecule has 0 fully saturated rings. The van der Waals surface area contributed by atoms with Crippen molar-refractivity contribution in [1.29, 1.82) is 0 Å². The highest BCUT2D eigenvalue weighted by Gasteiger charge is 2.20. The molecular weight excluding hydrogens is 270 g/mol. The molecule has 0 aliphatic carbocycles. The zero-order valence-electron chi connectivity index (χ0n) is 13.0. The van der Waals surface area contributed by atoms with Gasteiger partial charge in [-0.05, 0) is 38.8 Å². The summed E-state index contributed by atoms with van der Waals surface area (Å²) in [6.07, 6.45) is 0.950. The molecule has 1 unspecified atom stereocenters. The second kappa shape index (κ2) is 7.67. The van der Waals surface area contributed by atoms with Gasteiger partial charge in [0.25, 0.3) is 5.91 Å². The minimum atomic E-state index is -1.07. The fourth-order valence-electron chi connectivity index (χ4n) is 1.97. The highest BCUT2D eigenvalue weighted by atomic mass is 16.5. The van der Waals surface area contributed by atoms with Crippen LogP contribution in [0.5, 0.6) is 5.75 Å². The Morgan fingerprint density at radius 2 is 1.90 bits per heavy atom. The molecule has 0 spiro atoms. The molecule has 2 N–H and O–H groups in total. The molecule has 0 saturated carbocycles. The third-order valence-corrected chi connectivity index (χ3v) is 3.37. The first kappa shape index (κ1) is 17.0. The maximum Gasteiger partial charge on any atom is 0.339 e. The predicted molar refractivity (Wildman–Crippen MR) is 80.7 cm³/mol. The number of ether oxygens (including phenoxy) is 1. The van der Waals surface area contributed by atoms with Crippen LogP contribution in [0.15, 0.2) is 18.2 Å². The molecule has 0 bridgehead atoms. The van der Waals surface area contributed by atoms with Crippen molar-refractivity contribution >= 4 is 11.9 Å². The van der Waals surface area contributed by atoms with E-state index in [2.05, 4.69) is 5.32 Å². The average molecular weight is 293 g/mol. The Balaban J connectivity index is 2.81. The SMILES string of the molecule is CCC(CC)NC(=O)C(C)Oc1ccc(C)cc1C(=O)O. The van der Waals surface area contributed by atoms with Crippen LogP contribution in [0.4, 0.5) is 0 Å². The maximum atomic E-state index is 12.0. The van der Waals surface area contributed by atoms with Crippen molar-refractivity contribution < 1.29 is 19.4 Å². The Hall–Kier alpha value is -2.04. The van der Waals surface area contributed by atoms with E-state index in [0.717, 1.165) is 18.4 Å². The molecule has 21 heavy (non-hydrogen) atoms. The van der Waals surface area contributed by atoms with Crippen LogP contribution < -0.4 is 10.1 Å². The zero-order chi connectivity index (χ0) is 16.0. The number of carboxylic acid groups (broad SMARTS) is 1. The van der Waals surface area contributed by atoms with Gasteiger partial charge in [-0.2, -0.15) is 0 Å². The summed E-state index contributed by atoms with van der Waals surface area (Å²) in [4.78, 5) is 23.3. The van der Waals surface area contributed by atoms with Gasteiger partial charge in [0.15, 0.2) is 6.10 Å². The van der Waals surface area contributed by atoms with E-state index in [1.165, 1.54) is 6.07 Å². The number of carboxylic acids is 1. The monoisotopic (exact) mass is 293 g/mol. The Labute approximate surface area is 125 Å². The smallest absolute Gasteiger partial charge is 0.339 e. The molecule has 1 amide bonds. The van der Waals surface area contributed by atoms with E-state index in [1.807, 2.05) is 13.8 Å². The number of carbonyl (C=O) groups excluding carboxylic acids is 1. The van der Waals surface area contributed by atoms with Crippen molar-refractivity contribution in [2.24, 2.45) is 0 Å². The fourth-order valence-corrected chi connectivity index (χ4v) is 1.97. The minimum Gasteiger partial charge on any atom is -0.480 e. The molecule has 0 aliphatic heterocycles. The van der Waals surface area contributed by atoms with E-state index in [1.54, 1.807) is 26.0 Å². The van der Waals surface area contributed by atoms with Crippen molar-refractivity contribution in [3.8, 4) is 5.75 Å². The summed E-state index contributed by atoms with van der Waals surface area (Å²) < 4.78 is 5.52.